The van der Waals surface area contributed by atoms with Gasteiger partial charge in [-0.15, -0.1) is 0 Å². The predicted octanol–water partition coefficient (Wildman–Crippen LogP) is 4.34. The lowest BCUT2D eigenvalue weighted by atomic mass is 9.87. The smallest absolute Gasteiger partial charge is 0.376 e. The lowest BCUT2D eigenvalue weighted by Crippen LogP contribution is -2.62. The van der Waals surface area contributed by atoms with Gasteiger partial charge in [0, 0.05) is 19.6 Å². The summed E-state index contributed by atoms with van der Waals surface area (Å²) in [5.41, 5.74) is 2.52. The zero-order valence-electron chi connectivity index (χ0n) is 22.7. The molecule has 3 aromatic rings. The highest BCUT2D eigenvalue weighted by Crippen LogP contribution is 2.47. The van der Waals surface area contributed by atoms with Crippen LogP contribution in [0.3, 0.4) is 0 Å². The maximum absolute atomic E-state index is 13.5. The first-order valence-electron chi connectivity index (χ1n) is 13.5. The maximum Gasteiger partial charge on any atom is 0.416 e. The van der Waals surface area contributed by atoms with E-state index in [1.165, 1.54) is 6.07 Å². The van der Waals surface area contributed by atoms with Crippen molar-refractivity contribution in [3.63, 3.8) is 0 Å². The molecule has 0 spiro atoms. The zero-order chi connectivity index (χ0) is 28.9. The highest BCUT2D eigenvalue weighted by Gasteiger charge is 2.47. The van der Waals surface area contributed by atoms with Crippen molar-refractivity contribution in [3.05, 3.63) is 70.4 Å². The number of carbonyl (C=O) groups is 2. The molecule has 0 bridgehead atoms. The van der Waals surface area contributed by atoms with Gasteiger partial charge in [0.15, 0.2) is 5.82 Å². The van der Waals surface area contributed by atoms with Crippen LogP contribution in [0, 0.1) is 12.8 Å². The molecule has 3 amide bonds. The number of aryl methyl sites for hydroxylation is 1. The number of alkyl halides is 3. The van der Waals surface area contributed by atoms with Gasteiger partial charge in [0.1, 0.15) is 0 Å². The fraction of sp³-hybridized carbons (Fsp3) is 0.448. The van der Waals surface area contributed by atoms with Crippen LogP contribution in [-0.2, 0) is 35.2 Å². The van der Waals surface area contributed by atoms with Gasteiger partial charge in [-0.05, 0) is 66.6 Å². The molecule has 1 aliphatic carbocycles. The van der Waals surface area contributed by atoms with Gasteiger partial charge in [-0.25, -0.2) is 4.79 Å². The van der Waals surface area contributed by atoms with Crippen molar-refractivity contribution in [2.45, 2.75) is 57.4 Å². The number of urea groups is 1. The van der Waals surface area contributed by atoms with E-state index in [1.54, 1.807) is 24.0 Å². The second-order valence-corrected chi connectivity index (χ2v) is 11.3. The third-order valence-corrected chi connectivity index (χ3v) is 7.99. The first-order valence-corrected chi connectivity index (χ1v) is 13.5. The quantitative estimate of drug-likeness (QED) is 0.457. The standard InChI is InChI=1S/C29H30F3N5O4/c1-16-34-26(41-36-16)23-11-22(23)25(38)33-12-18-6-7-20(17-4-3-5-19(10-17)29(30,31)32)21-8-9-37(13-24(18)21)27(39)35-28(2)14-40-15-28/h3-7,10,22-23H,8-9,11-15H2,1-2H3,(H,33,38)(H,35,39)/t22-,23-/m0/s1. The van der Waals surface area contributed by atoms with Crippen LogP contribution in [0.25, 0.3) is 11.1 Å². The SMILES string of the molecule is Cc1noc([C@H]2C[C@@H]2C(=O)NCc2ccc(-c3cccc(C(F)(F)F)c3)c3c2CN(C(=O)NC2(C)COC2)CC3)n1. The molecule has 9 nitrogen and oxygen atoms in total. The summed E-state index contributed by atoms with van der Waals surface area (Å²) in [6.45, 7) is 5.41. The van der Waals surface area contributed by atoms with Gasteiger partial charge in [0.25, 0.3) is 0 Å². The Morgan fingerprint density at radius 3 is 2.66 bits per heavy atom. The molecule has 2 fully saturated rings. The van der Waals surface area contributed by atoms with Crippen molar-refractivity contribution < 1.29 is 32.0 Å². The molecular weight excluding hydrogens is 539 g/mol. The number of aromatic nitrogens is 2. The molecule has 2 aromatic carbocycles. The van der Waals surface area contributed by atoms with Gasteiger partial charge >= 0.3 is 12.2 Å². The van der Waals surface area contributed by atoms with Gasteiger partial charge in [-0.1, -0.05) is 29.4 Å². The lowest BCUT2D eigenvalue weighted by Gasteiger charge is -2.41. The van der Waals surface area contributed by atoms with Gasteiger partial charge < -0.3 is 24.8 Å². The Morgan fingerprint density at radius 1 is 1.17 bits per heavy atom. The molecule has 2 N–H and O–H groups in total. The monoisotopic (exact) mass is 569 g/mol. The average Bonchev–Trinajstić information content (AvgIpc) is 3.62. The Hall–Kier alpha value is -3.93. The fourth-order valence-electron chi connectivity index (χ4n) is 5.57. The second kappa shape index (κ2) is 10.2. The number of benzene rings is 2. The number of nitrogens with zero attached hydrogens (tertiary/aromatic N) is 3. The Labute approximate surface area is 234 Å². The van der Waals surface area contributed by atoms with Gasteiger partial charge in [0.2, 0.25) is 11.8 Å². The maximum atomic E-state index is 13.5. The van der Waals surface area contributed by atoms with Crippen LogP contribution >= 0.6 is 0 Å². The molecule has 0 radical (unpaired) electrons. The third kappa shape index (κ3) is 5.52. The van der Waals surface area contributed by atoms with Crippen LogP contribution in [-0.4, -0.2) is 52.3 Å². The minimum Gasteiger partial charge on any atom is -0.376 e. The number of hydrogen-bond donors (Lipinski definition) is 2. The average molecular weight is 570 g/mol. The summed E-state index contributed by atoms with van der Waals surface area (Å²) in [5, 5.41) is 9.81. The summed E-state index contributed by atoms with van der Waals surface area (Å²) in [7, 11) is 0. The summed E-state index contributed by atoms with van der Waals surface area (Å²) in [5.74, 6) is 0.473. The number of halogens is 3. The van der Waals surface area contributed by atoms with E-state index < -0.39 is 17.3 Å². The molecule has 2 atom stereocenters. The van der Waals surface area contributed by atoms with E-state index in [0.717, 1.165) is 28.8 Å². The van der Waals surface area contributed by atoms with E-state index in [1.807, 2.05) is 13.0 Å². The van der Waals surface area contributed by atoms with E-state index >= 15 is 0 Å². The van der Waals surface area contributed by atoms with E-state index in [4.69, 9.17) is 9.26 Å². The Balaban J connectivity index is 1.25. The summed E-state index contributed by atoms with van der Waals surface area (Å²) in [4.78, 5) is 32.0. The van der Waals surface area contributed by atoms with E-state index in [-0.39, 0.29) is 36.9 Å². The first kappa shape index (κ1) is 27.3. The number of carbonyl (C=O) groups excluding carboxylic acids is 2. The van der Waals surface area contributed by atoms with E-state index in [0.29, 0.717) is 55.4 Å². The van der Waals surface area contributed by atoms with Gasteiger partial charge in [0.05, 0.1) is 36.2 Å². The molecule has 216 valence electrons. The molecule has 41 heavy (non-hydrogen) atoms. The minimum absolute atomic E-state index is 0.107. The normalized spacial score (nSPS) is 21.0. The molecule has 12 heteroatoms. The van der Waals surface area contributed by atoms with Crippen molar-refractivity contribution >= 4 is 11.9 Å². The van der Waals surface area contributed by atoms with E-state index in [9.17, 15) is 22.8 Å². The van der Waals surface area contributed by atoms with Crippen molar-refractivity contribution in [1.29, 1.82) is 0 Å². The number of ether oxygens (including phenoxy) is 1. The molecule has 1 saturated carbocycles. The number of rotatable bonds is 6. The lowest BCUT2D eigenvalue weighted by molar-refractivity contribution is -0.137. The Kier molecular flexibility index (Phi) is 6.75. The minimum atomic E-state index is -4.46. The van der Waals surface area contributed by atoms with Crippen LogP contribution in [0.5, 0.6) is 0 Å². The van der Waals surface area contributed by atoms with Crippen LogP contribution in [0.1, 0.15) is 53.2 Å². The summed E-state index contributed by atoms with van der Waals surface area (Å²) < 4.78 is 50.9. The van der Waals surface area contributed by atoms with Crippen molar-refractivity contribution in [2.75, 3.05) is 19.8 Å². The van der Waals surface area contributed by atoms with Gasteiger partial charge in [-0.3, -0.25) is 4.79 Å². The number of fused-ring (bicyclic) bond motifs is 1. The third-order valence-electron chi connectivity index (χ3n) is 7.99. The summed E-state index contributed by atoms with van der Waals surface area (Å²) in [6.07, 6.45) is -3.38. The van der Waals surface area contributed by atoms with Crippen LogP contribution < -0.4 is 10.6 Å². The molecule has 1 saturated heterocycles. The van der Waals surface area contributed by atoms with Crippen molar-refractivity contribution in [1.82, 2.24) is 25.7 Å². The first-order chi connectivity index (χ1) is 19.5. The van der Waals surface area contributed by atoms with Gasteiger partial charge in [-0.2, -0.15) is 18.2 Å². The highest BCUT2D eigenvalue weighted by atomic mass is 19.4. The molecule has 2 aliphatic heterocycles. The fourth-order valence-corrected chi connectivity index (χ4v) is 5.57. The Bertz CT molecular complexity index is 1500. The number of amides is 3. The van der Waals surface area contributed by atoms with Crippen molar-refractivity contribution in [3.8, 4) is 11.1 Å². The van der Waals surface area contributed by atoms with Crippen LogP contribution in [0.4, 0.5) is 18.0 Å². The molecule has 3 heterocycles. The van der Waals surface area contributed by atoms with Crippen LogP contribution in [0.2, 0.25) is 0 Å². The molecular formula is C29H30F3N5O4. The zero-order valence-corrected chi connectivity index (χ0v) is 22.7. The molecule has 0 unspecified atom stereocenters. The largest absolute Gasteiger partial charge is 0.416 e. The second-order valence-electron chi connectivity index (χ2n) is 11.3. The number of nitrogens with one attached hydrogen (secondary N) is 2. The topological polar surface area (TPSA) is 110 Å². The summed E-state index contributed by atoms with van der Waals surface area (Å²) in [6, 6.07) is 8.67. The van der Waals surface area contributed by atoms with E-state index in [2.05, 4.69) is 20.8 Å². The Morgan fingerprint density at radius 2 is 1.98 bits per heavy atom. The number of hydrogen-bond acceptors (Lipinski definition) is 6. The van der Waals surface area contributed by atoms with Crippen molar-refractivity contribution in [2.24, 2.45) is 5.92 Å². The molecule has 3 aliphatic rings. The predicted molar refractivity (Wildman–Crippen MR) is 140 cm³/mol. The highest BCUT2D eigenvalue weighted by molar-refractivity contribution is 5.83. The molecule has 1 aromatic heterocycles. The van der Waals surface area contributed by atoms with Crippen LogP contribution in [0.15, 0.2) is 40.9 Å². The summed E-state index contributed by atoms with van der Waals surface area (Å²) >= 11 is 0. The molecule has 6 rings (SSSR count).